The third-order valence-electron chi connectivity index (χ3n) is 4.36. The maximum Gasteiger partial charge on any atom is 0.191 e. The second-order valence-electron chi connectivity index (χ2n) is 7.25. The smallest absolute Gasteiger partial charge is 0.191 e. The number of hydrogen-bond acceptors (Lipinski definition) is 2. The lowest BCUT2D eigenvalue weighted by molar-refractivity contribution is 0.124. The Balaban J connectivity index is 3.66. The molecule has 116 valence electrons. The minimum Gasteiger partial charge on any atom is -0.417 e. The standard InChI is InChI=1S/C16H36O2Si/c1-7-8-9-10-11-12-15(17)13-14-18-19(5,6)16(2,3)4/h15,17H,7-14H2,1-6H3. The zero-order valence-corrected chi connectivity index (χ0v) is 15.1. The van der Waals surface area contributed by atoms with Crippen LogP contribution in [0.5, 0.6) is 0 Å². The molecule has 1 N–H and O–H groups in total. The van der Waals surface area contributed by atoms with Gasteiger partial charge in [-0.1, -0.05) is 59.8 Å². The van der Waals surface area contributed by atoms with Gasteiger partial charge in [0.15, 0.2) is 8.32 Å². The minimum absolute atomic E-state index is 0.175. The number of aliphatic hydroxyl groups is 1. The van der Waals surface area contributed by atoms with Crippen LogP contribution in [0.15, 0.2) is 0 Å². The Hall–Kier alpha value is 0.137. The molecule has 0 saturated heterocycles. The molecule has 0 aliphatic rings. The van der Waals surface area contributed by atoms with E-state index < -0.39 is 8.32 Å². The summed E-state index contributed by atoms with van der Waals surface area (Å²) >= 11 is 0. The van der Waals surface area contributed by atoms with E-state index in [9.17, 15) is 5.11 Å². The molecule has 2 nitrogen and oxygen atoms in total. The molecule has 19 heavy (non-hydrogen) atoms. The molecule has 0 aromatic heterocycles. The van der Waals surface area contributed by atoms with Crippen molar-refractivity contribution in [3.05, 3.63) is 0 Å². The van der Waals surface area contributed by atoms with Gasteiger partial charge in [-0.3, -0.25) is 0 Å². The zero-order valence-electron chi connectivity index (χ0n) is 14.1. The van der Waals surface area contributed by atoms with Crippen LogP contribution in [0, 0.1) is 0 Å². The normalized spacial score (nSPS) is 14.7. The summed E-state index contributed by atoms with van der Waals surface area (Å²) in [6.45, 7) is 14.2. The fourth-order valence-corrected chi connectivity index (χ4v) is 2.86. The fourth-order valence-electron chi connectivity index (χ4n) is 1.79. The van der Waals surface area contributed by atoms with E-state index >= 15 is 0 Å². The van der Waals surface area contributed by atoms with Crippen molar-refractivity contribution >= 4 is 8.32 Å². The Morgan fingerprint density at radius 2 is 1.58 bits per heavy atom. The van der Waals surface area contributed by atoms with E-state index in [0.29, 0.717) is 6.61 Å². The quantitative estimate of drug-likeness (QED) is 0.446. The monoisotopic (exact) mass is 288 g/mol. The van der Waals surface area contributed by atoms with Crippen molar-refractivity contribution < 1.29 is 9.53 Å². The van der Waals surface area contributed by atoms with Crippen molar-refractivity contribution in [1.29, 1.82) is 0 Å². The summed E-state index contributed by atoms with van der Waals surface area (Å²) in [5.74, 6) is 0. The molecule has 0 rings (SSSR count). The first kappa shape index (κ1) is 19.1. The third kappa shape index (κ3) is 8.82. The molecule has 0 aliphatic heterocycles. The molecular formula is C16H36O2Si. The summed E-state index contributed by atoms with van der Waals surface area (Å²) in [5, 5.41) is 10.2. The van der Waals surface area contributed by atoms with Gasteiger partial charge in [0, 0.05) is 6.61 Å². The molecule has 0 amide bonds. The van der Waals surface area contributed by atoms with E-state index in [4.69, 9.17) is 4.43 Å². The summed E-state index contributed by atoms with van der Waals surface area (Å²) in [6, 6.07) is 0. The highest BCUT2D eigenvalue weighted by atomic mass is 28.4. The van der Waals surface area contributed by atoms with E-state index in [1.165, 1.54) is 25.7 Å². The van der Waals surface area contributed by atoms with Gasteiger partial charge >= 0.3 is 0 Å². The van der Waals surface area contributed by atoms with Gasteiger partial charge < -0.3 is 9.53 Å². The average molecular weight is 289 g/mol. The molecule has 1 atom stereocenters. The van der Waals surface area contributed by atoms with Crippen molar-refractivity contribution in [2.24, 2.45) is 0 Å². The van der Waals surface area contributed by atoms with E-state index in [-0.39, 0.29) is 11.1 Å². The van der Waals surface area contributed by atoms with Gasteiger partial charge in [-0.25, -0.2) is 0 Å². The summed E-state index contributed by atoms with van der Waals surface area (Å²) in [4.78, 5) is 0. The van der Waals surface area contributed by atoms with Crippen LogP contribution in [0.25, 0.3) is 0 Å². The van der Waals surface area contributed by atoms with Crippen molar-refractivity contribution in [3.8, 4) is 0 Å². The lowest BCUT2D eigenvalue weighted by atomic mass is 10.1. The van der Waals surface area contributed by atoms with Crippen molar-refractivity contribution in [2.75, 3.05) is 6.61 Å². The lowest BCUT2D eigenvalue weighted by Gasteiger charge is -2.36. The Labute approximate surface area is 122 Å². The van der Waals surface area contributed by atoms with Crippen LogP contribution < -0.4 is 0 Å². The highest BCUT2D eigenvalue weighted by Crippen LogP contribution is 2.36. The molecule has 0 aliphatic carbocycles. The van der Waals surface area contributed by atoms with Crippen LogP contribution in [-0.4, -0.2) is 26.1 Å². The first-order valence-corrected chi connectivity index (χ1v) is 10.9. The van der Waals surface area contributed by atoms with Crippen molar-refractivity contribution in [1.82, 2.24) is 0 Å². The second-order valence-corrected chi connectivity index (χ2v) is 12.1. The van der Waals surface area contributed by atoms with Crippen LogP contribution in [-0.2, 0) is 4.43 Å². The minimum atomic E-state index is -1.63. The van der Waals surface area contributed by atoms with Gasteiger partial charge in [0.2, 0.25) is 0 Å². The summed E-state index contributed by atoms with van der Waals surface area (Å²) in [7, 11) is -1.63. The predicted molar refractivity (Wildman–Crippen MR) is 87.1 cm³/mol. The van der Waals surface area contributed by atoms with Crippen LogP contribution in [0.3, 0.4) is 0 Å². The Kier molecular flexibility index (Phi) is 9.21. The molecule has 0 bridgehead atoms. The molecule has 0 aromatic rings. The van der Waals surface area contributed by atoms with E-state index in [0.717, 1.165) is 19.3 Å². The molecule has 0 spiro atoms. The van der Waals surface area contributed by atoms with E-state index in [1.807, 2.05) is 0 Å². The molecule has 0 saturated carbocycles. The van der Waals surface area contributed by atoms with Crippen molar-refractivity contribution in [3.63, 3.8) is 0 Å². The van der Waals surface area contributed by atoms with Crippen LogP contribution in [0.1, 0.15) is 72.6 Å². The van der Waals surface area contributed by atoms with E-state index in [2.05, 4.69) is 40.8 Å². The topological polar surface area (TPSA) is 29.5 Å². The van der Waals surface area contributed by atoms with Gasteiger partial charge in [0.25, 0.3) is 0 Å². The van der Waals surface area contributed by atoms with Gasteiger partial charge in [-0.15, -0.1) is 0 Å². The fraction of sp³-hybridized carbons (Fsp3) is 1.00. The van der Waals surface area contributed by atoms with Crippen LogP contribution in [0.2, 0.25) is 18.1 Å². The second kappa shape index (κ2) is 9.14. The largest absolute Gasteiger partial charge is 0.417 e. The third-order valence-corrected chi connectivity index (χ3v) is 8.90. The molecule has 0 aromatic carbocycles. The summed E-state index contributed by atoms with van der Waals surface area (Å²) in [6.07, 6.45) is 7.88. The number of aliphatic hydroxyl groups excluding tert-OH is 1. The molecular weight excluding hydrogens is 252 g/mol. The highest BCUT2D eigenvalue weighted by molar-refractivity contribution is 6.74. The summed E-state index contributed by atoms with van der Waals surface area (Å²) < 4.78 is 6.09. The van der Waals surface area contributed by atoms with Gasteiger partial charge in [0.1, 0.15) is 0 Å². The molecule has 0 heterocycles. The Morgan fingerprint density at radius 1 is 1.00 bits per heavy atom. The number of unbranched alkanes of at least 4 members (excludes halogenated alkanes) is 4. The van der Waals surface area contributed by atoms with Crippen LogP contribution >= 0.6 is 0 Å². The highest BCUT2D eigenvalue weighted by Gasteiger charge is 2.36. The first-order valence-electron chi connectivity index (χ1n) is 8.02. The van der Waals surface area contributed by atoms with Gasteiger partial charge in [0.05, 0.1) is 6.10 Å². The Bertz CT molecular complexity index is 221. The number of rotatable bonds is 10. The maximum absolute atomic E-state index is 9.94. The molecule has 1 unspecified atom stereocenters. The average Bonchev–Trinajstić information content (AvgIpc) is 2.27. The van der Waals surface area contributed by atoms with E-state index in [1.54, 1.807) is 0 Å². The SMILES string of the molecule is CCCCCCCC(O)CCO[Si](C)(C)C(C)(C)C. The van der Waals surface area contributed by atoms with Crippen LogP contribution in [0.4, 0.5) is 0 Å². The number of hydrogen-bond donors (Lipinski definition) is 1. The molecule has 0 radical (unpaired) electrons. The van der Waals surface area contributed by atoms with Crippen molar-refractivity contribution in [2.45, 2.75) is 96.9 Å². The Morgan fingerprint density at radius 3 is 2.11 bits per heavy atom. The molecule has 3 heteroatoms. The predicted octanol–water partition coefficient (Wildman–Crippen LogP) is 5.12. The van der Waals surface area contributed by atoms with Gasteiger partial charge in [-0.05, 0) is 31.0 Å². The summed E-state index contributed by atoms with van der Waals surface area (Å²) in [5.41, 5.74) is 0. The lowest BCUT2D eigenvalue weighted by Crippen LogP contribution is -2.41. The van der Waals surface area contributed by atoms with Gasteiger partial charge in [-0.2, -0.15) is 0 Å². The first-order chi connectivity index (χ1) is 8.70. The molecule has 0 fully saturated rings. The maximum atomic E-state index is 9.94. The zero-order chi connectivity index (χ0) is 14.9.